The molecule has 5 rings (SSSR count). The fraction of sp³-hybridized carbons (Fsp3) is 0.0385. The molecule has 0 atom stereocenters. The molecular weight excluding hydrogens is 356 g/mol. The second-order valence-electron chi connectivity index (χ2n) is 7.01. The largest absolute Gasteiger partial charge is 0.436 e. The van der Waals surface area contributed by atoms with E-state index in [2.05, 4.69) is 89.7 Å². The van der Waals surface area contributed by atoms with E-state index in [-0.39, 0.29) is 0 Å². The first-order valence-corrected chi connectivity index (χ1v) is 9.63. The highest BCUT2D eigenvalue weighted by Crippen LogP contribution is 2.30. The van der Waals surface area contributed by atoms with Crippen LogP contribution in [0.5, 0.6) is 0 Å². The summed E-state index contributed by atoms with van der Waals surface area (Å²) in [6.45, 7) is 0. The molecule has 0 fully saturated rings. The van der Waals surface area contributed by atoms with Gasteiger partial charge in [-0.25, -0.2) is 4.98 Å². The van der Waals surface area contributed by atoms with Crippen molar-refractivity contribution in [2.75, 3.05) is 11.9 Å². The van der Waals surface area contributed by atoms with Crippen LogP contribution < -0.4 is 4.90 Å². The van der Waals surface area contributed by atoms with Gasteiger partial charge in [-0.1, -0.05) is 54.6 Å². The molecule has 1 heterocycles. The Bertz CT molecular complexity index is 1210. The van der Waals surface area contributed by atoms with Crippen molar-refractivity contribution in [1.29, 1.82) is 0 Å². The molecule has 1 aromatic heterocycles. The van der Waals surface area contributed by atoms with E-state index in [1.54, 1.807) is 0 Å². The zero-order valence-corrected chi connectivity index (χ0v) is 16.1. The summed E-state index contributed by atoms with van der Waals surface area (Å²) in [5, 5.41) is 0. The van der Waals surface area contributed by atoms with Gasteiger partial charge in [0.05, 0.1) is 0 Å². The minimum absolute atomic E-state index is 0.646. The molecule has 0 spiro atoms. The van der Waals surface area contributed by atoms with Crippen LogP contribution in [0, 0.1) is 0 Å². The minimum Gasteiger partial charge on any atom is -0.436 e. The smallest absolute Gasteiger partial charge is 0.227 e. The van der Waals surface area contributed by atoms with Gasteiger partial charge in [-0.05, 0) is 59.7 Å². The SMILES string of the molecule is CN(c1ccc(-c2ccccc2)cc1)c1ccc(-c2nc3ccccc3o2)cc1. The van der Waals surface area contributed by atoms with Crippen molar-refractivity contribution in [1.82, 2.24) is 4.98 Å². The van der Waals surface area contributed by atoms with Crippen LogP contribution in [-0.2, 0) is 0 Å². The zero-order valence-electron chi connectivity index (χ0n) is 16.1. The highest BCUT2D eigenvalue weighted by Gasteiger charge is 2.09. The van der Waals surface area contributed by atoms with Crippen molar-refractivity contribution in [3.63, 3.8) is 0 Å². The molecule has 0 aliphatic carbocycles. The lowest BCUT2D eigenvalue weighted by molar-refractivity contribution is 0.620. The molecule has 4 aromatic carbocycles. The number of para-hydroxylation sites is 2. The maximum absolute atomic E-state index is 5.87. The molecule has 0 aliphatic rings. The molecule has 0 bridgehead atoms. The standard InChI is InChI=1S/C26H20N2O/c1-28(22-15-11-20(12-16-22)19-7-3-2-4-8-19)23-17-13-21(14-18-23)26-27-24-9-5-6-10-25(24)29-26/h2-18H,1H3. The van der Waals surface area contributed by atoms with Gasteiger partial charge in [0, 0.05) is 24.0 Å². The fourth-order valence-corrected chi connectivity index (χ4v) is 3.48. The van der Waals surface area contributed by atoms with E-state index in [0.717, 1.165) is 28.0 Å². The third-order valence-corrected chi connectivity index (χ3v) is 5.16. The van der Waals surface area contributed by atoms with Crippen LogP contribution >= 0.6 is 0 Å². The van der Waals surface area contributed by atoms with Crippen molar-refractivity contribution in [2.24, 2.45) is 0 Å². The summed E-state index contributed by atoms with van der Waals surface area (Å²) < 4.78 is 5.87. The van der Waals surface area contributed by atoms with Gasteiger partial charge in [0.2, 0.25) is 5.89 Å². The maximum atomic E-state index is 5.87. The third kappa shape index (κ3) is 3.39. The summed E-state index contributed by atoms with van der Waals surface area (Å²) in [5.41, 5.74) is 7.34. The van der Waals surface area contributed by atoms with Crippen molar-refractivity contribution in [3.8, 4) is 22.6 Å². The van der Waals surface area contributed by atoms with Crippen molar-refractivity contribution in [3.05, 3.63) is 103 Å². The Morgan fingerprint density at radius 1 is 0.586 bits per heavy atom. The molecule has 0 N–H and O–H groups in total. The number of fused-ring (bicyclic) bond motifs is 1. The van der Waals surface area contributed by atoms with E-state index < -0.39 is 0 Å². The van der Waals surface area contributed by atoms with Crippen LogP contribution in [0.3, 0.4) is 0 Å². The topological polar surface area (TPSA) is 29.3 Å². The minimum atomic E-state index is 0.646. The van der Waals surface area contributed by atoms with Gasteiger partial charge >= 0.3 is 0 Å². The molecular formula is C26H20N2O. The Balaban J connectivity index is 1.38. The van der Waals surface area contributed by atoms with Crippen LogP contribution in [0.15, 0.2) is 108 Å². The van der Waals surface area contributed by atoms with E-state index >= 15 is 0 Å². The lowest BCUT2D eigenvalue weighted by Gasteiger charge is -2.20. The van der Waals surface area contributed by atoms with E-state index in [1.165, 1.54) is 11.1 Å². The molecule has 3 heteroatoms. The van der Waals surface area contributed by atoms with E-state index in [0.29, 0.717) is 5.89 Å². The zero-order chi connectivity index (χ0) is 19.6. The monoisotopic (exact) mass is 376 g/mol. The summed E-state index contributed by atoms with van der Waals surface area (Å²) in [5.74, 6) is 0.646. The van der Waals surface area contributed by atoms with Crippen LogP contribution in [-0.4, -0.2) is 12.0 Å². The van der Waals surface area contributed by atoms with Crippen molar-refractivity contribution in [2.45, 2.75) is 0 Å². The van der Waals surface area contributed by atoms with E-state index in [4.69, 9.17) is 4.42 Å². The van der Waals surface area contributed by atoms with Gasteiger partial charge < -0.3 is 9.32 Å². The number of aromatic nitrogens is 1. The highest BCUT2D eigenvalue weighted by atomic mass is 16.3. The van der Waals surface area contributed by atoms with Gasteiger partial charge in [-0.2, -0.15) is 0 Å². The number of hydrogen-bond donors (Lipinski definition) is 0. The van der Waals surface area contributed by atoms with E-state index in [1.807, 2.05) is 30.3 Å². The van der Waals surface area contributed by atoms with Gasteiger partial charge in [0.1, 0.15) is 5.52 Å². The van der Waals surface area contributed by atoms with Gasteiger partial charge in [0.15, 0.2) is 5.58 Å². The summed E-state index contributed by atoms with van der Waals surface area (Å²) in [4.78, 5) is 6.75. The molecule has 0 saturated heterocycles. The lowest BCUT2D eigenvalue weighted by Crippen LogP contribution is -2.08. The Hall–Kier alpha value is -3.85. The second-order valence-corrected chi connectivity index (χ2v) is 7.01. The number of benzene rings is 4. The van der Waals surface area contributed by atoms with Crippen LogP contribution in [0.1, 0.15) is 0 Å². The second kappa shape index (κ2) is 7.28. The molecule has 140 valence electrons. The predicted molar refractivity (Wildman–Crippen MR) is 119 cm³/mol. The third-order valence-electron chi connectivity index (χ3n) is 5.16. The Morgan fingerprint density at radius 2 is 1.14 bits per heavy atom. The van der Waals surface area contributed by atoms with Crippen LogP contribution in [0.25, 0.3) is 33.7 Å². The molecule has 0 unspecified atom stereocenters. The first kappa shape index (κ1) is 17.3. The maximum Gasteiger partial charge on any atom is 0.227 e. The molecule has 3 nitrogen and oxygen atoms in total. The molecule has 0 amide bonds. The normalized spacial score (nSPS) is 10.9. The van der Waals surface area contributed by atoms with Crippen molar-refractivity contribution < 1.29 is 4.42 Å². The molecule has 0 saturated carbocycles. The van der Waals surface area contributed by atoms with Crippen LogP contribution in [0.4, 0.5) is 11.4 Å². The highest BCUT2D eigenvalue weighted by molar-refractivity contribution is 5.76. The Morgan fingerprint density at radius 3 is 1.79 bits per heavy atom. The average molecular weight is 376 g/mol. The molecule has 29 heavy (non-hydrogen) atoms. The lowest BCUT2D eigenvalue weighted by atomic mass is 10.1. The molecule has 0 radical (unpaired) electrons. The number of oxazole rings is 1. The number of rotatable bonds is 4. The quantitative estimate of drug-likeness (QED) is 0.340. The first-order chi connectivity index (χ1) is 14.3. The molecule has 0 aliphatic heterocycles. The number of hydrogen-bond acceptors (Lipinski definition) is 3. The summed E-state index contributed by atoms with van der Waals surface area (Å²) in [6, 6.07) is 35.2. The van der Waals surface area contributed by atoms with E-state index in [9.17, 15) is 0 Å². The van der Waals surface area contributed by atoms with Gasteiger partial charge in [0.25, 0.3) is 0 Å². The number of anilines is 2. The van der Waals surface area contributed by atoms with Gasteiger partial charge in [-0.15, -0.1) is 0 Å². The summed E-state index contributed by atoms with van der Waals surface area (Å²) >= 11 is 0. The fourth-order valence-electron chi connectivity index (χ4n) is 3.48. The summed E-state index contributed by atoms with van der Waals surface area (Å²) in [7, 11) is 2.08. The Kier molecular flexibility index (Phi) is 4.34. The average Bonchev–Trinajstić information content (AvgIpc) is 3.24. The Labute approximate surface area is 169 Å². The summed E-state index contributed by atoms with van der Waals surface area (Å²) in [6.07, 6.45) is 0. The number of nitrogens with zero attached hydrogens (tertiary/aromatic N) is 2. The predicted octanol–water partition coefficient (Wildman–Crippen LogP) is 6.93. The van der Waals surface area contributed by atoms with Crippen molar-refractivity contribution >= 4 is 22.5 Å². The molecule has 5 aromatic rings. The van der Waals surface area contributed by atoms with Gasteiger partial charge in [-0.3, -0.25) is 0 Å². The first-order valence-electron chi connectivity index (χ1n) is 9.63. The van der Waals surface area contributed by atoms with Crippen LogP contribution in [0.2, 0.25) is 0 Å².